The zero-order valence-electron chi connectivity index (χ0n) is 6.53. The minimum Gasteiger partial charge on any atom is -0.381 e. The van der Waals surface area contributed by atoms with Crippen molar-refractivity contribution in [2.45, 2.75) is 13.5 Å². The Kier molecular flexibility index (Phi) is 3.22. The van der Waals surface area contributed by atoms with Crippen molar-refractivity contribution in [3.8, 4) is 0 Å². The lowest BCUT2D eigenvalue weighted by molar-refractivity contribution is 0.576. The molecule has 0 unspecified atom stereocenters. The van der Waals surface area contributed by atoms with E-state index in [1.807, 2.05) is 11.8 Å². The summed E-state index contributed by atoms with van der Waals surface area (Å²) in [5, 5.41) is 7.91. The summed E-state index contributed by atoms with van der Waals surface area (Å²) in [6.45, 7) is 2.98. The van der Waals surface area contributed by atoms with Crippen LogP contribution < -0.4 is 5.73 Å². The van der Waals surface area contributed by atoms with Crippen LogP contribution in [-0.2, 0) is 6.54 Å². The molecule has 1 heterocycles. The topological polar surface area (TPSA) is 56.7 Å². The molecule has 5 heteroatoms. The number of nitrogens with two attached hydrogens (primary N) is 1. The average molecular weight is 172 g/mol. The molecule has 0 spiro atoms. The molecule has 0 amide bonds. The molecule has 0 aliphatic rings. The maximum Gasteiger partial charge on any atom is 0.165 e. The molecular weight excluding hydrogens is 160 g/mol. The normalized spacial score (nSPS) is 10.3. The quantitative estimate of drug-likeness (QED) is 0.676. The lowest BCUT2D eigenvalue weighted by Gasteiger charge is -1.96. The van der Waals surface area contributed by atoms with Crippen molar-refractivity contribution in [3.63, 3.8) is 0 Å². The van der Waals surface area contributed by atoms with Gasteiger partial charge in [-0.3, -0.25) is 0 Å². The van der Waals surface area contributed by atoms with Gasteiger partial charge < -0.3 is 5.73 Å². The third-order valence-electron chi connectivity index (χ3n) is 1.19. The van der Waals surface area contributed by atoms with Crippen molar-refractivity contribution in [2.75, 3.05) is 17.2 Å². The summed E-state index contributed by atoms with van der Waals surface area (Å²) in [4.78, 5) is 1.62. The molecular formula is C6H12N4S. The van der Waals surface area contributed by atoms with Gasteiger partial charge in [0.25, 0.3) is 0 Å². The maximum absolute atomic E-state index is 5.38. The molecule has 1 rings (SSSR count). The molecule has 2 N–H and O–H groups in total. The van der Waals surface area contributed by atoms with Crippen molar-refractivity contribution in [1.82, 2.24) is 15.0 Å². The van der Waals surface area contributed by atoms with E-state index in [9.17, 15) is 0 Å². The fourth-order valence-electron chi connectivity index (χ4n) is 0.709. The Morgan fingerprint density at radius 2 is 2.55 bits per heavy atom. The highest BCUT2D eigenvalue weighted by molar-refractivity contribution is 7.99. The van der Waals surface area contributed by atoms with Crippen molar-refractivity contribution >= 4 is 17.6 Å². The number of rotatable bonds is 4. The molecule has 0 fully saturated rings. The fraction of sp³-hybridized carbons (Fsp3) is 0.667. The Balaban J connectivity index is 2.27. The Morgan fingerprint density at radius 3 is 3.09 bits per heavy atom. The molecule has 0 aromatic carbocycles. The zero-order chi connectivity index (χ0) is 8.10. The summed E-state index contributed by atoms with van der Waals surface area (Å²) in [5.41, 5.74) is 5.38. The largest absolute Gasteiger partial charge is 0.381 e. The van der Waals surface area contributed by atoms with Crippen LogP contribution in [0.25, 0.3) is 0 Å². The van der Waals surface area contributed by atoms with Gasteiger partial charge in [-0.15, -0.1) is 5.10 Å². The number of aryl methyl sites for hydroxylation is 1. The second-order valence-corrected chi connectivity index (χ2v) is 3.46. The first-order chi connectivity index (χ1) is 5.33. The minimum absolute atomic E-state index is 0.492. The molecule has 0 saturated heterocycles. The second-order valence-electron chi connectivity index (χ2n) is 2.06. The van der Waals surface area contributed by atoms with Gasteiger partial charge in [0, 0.05) is 5.75 Å². The van der Waals surface area contributed by atoms with E-state index >= 15 is 0 Å². The predicted molar refractivity (Wildman–Crippen MR) is 47.4 cm³/mol. The van der Waals surface area contributed by atoms with Crippen molar-refractivity contribution < 1.29 is 0 Å². The van der Waals surface area contributed by atoms with Crippen LogP contribution in [0.5, 0.6) is 0 Å². The number of nitrogen functional groups attached to an aromatic ring is 1. The highest BCUT2D eigenvalue weighted by Gasteiger charge is 1.94. The first-order valence-electron chi connectivity index (χ1n) is 3.56. The van der Waals surface area contributed by atoms with E-state index in [4.69, 9.17) is 5.73 Å². The molecule has 4 nitrogen and oxygen atoms in total. The Bertz CT molecular complexity index is 210. The average Bonchev–Trinajstić information content (AvgIpc) is 2.37. The van der Waals surface area contributed by atoms with Gasteiger partial charge in [0.15, 0.2) is 5.82 Å². The van der Waals surface area contributed by atoms with E-state index in [1.54, 1.807) is 11.0 Å². The number of nitrogens with zero attached hydrogens (tertiary/aromatic N) is 3. The van der Waals surface area contributed by atoms with Gasteiger partial charge in [0.05, 0.1) is 12.7 Å². The third kappa shape index (κ3) is 2.80. The smallest absolute Gasteiger partial charge is 0.165 e. The van der Waals surface area contributed by atoms with E-state index in [0.29, 0.717) is 5.82 Å². The lowest BCUT2D eigenvalue weighted by atomic mass is 10.8. The van der Waals surface area contributed by atoms with E-state index < -0.39 is 0 Å². The van der Waals surface area contributed by atoms with Crippen LogP contribution in [0.15, 0.2) is 6.20 Å². The second kappa shape index (κ2) is 4.23. The summed E-state index contributed by atoms with van der Waals surface area (Å²) >= 11 is 1.87. The summed E-state index contributed by atoms with van der Waals surface area (Å²) < 4.78 is 0. The van der Waals surface area contributed by atoms with Gasteiger partial charge in [-0.05, 0) is 5.75 Å². The van der Waals surface area contributed by atoms with Gasteiger partial charge in [0.2, 0.25) is 0 Å². The maximum atomic E-state index is 5.38. The van der Waals surface area contributed by atoms with Crippen LogP contribution in [-0.4, -0.2) is 26.5 Å². The first kappa shape index (κ1) is 8.39. The van der Waals surface area contributed by atoms with E-state index in [2.05, 4.69) is 17.1 Å². The van der Waals surface area contributed by atoms with Crippen LogP contribution in [0, 0.1) is 0 Å². The molecule has 0 saturated carbocycles. The van der Waals surface area contributed by atoms with Crippen LogP contribution in [0.4, 0.5) is 5.82 Å². The van der Waals surface area contributed by atoms with Crippen molar-refractivity contribution in [3.05, 3.63) is 6.20 Å². The highest BCUT2D eigenvalue weighted by atomic mass is 32.2. The molecule has 0 bridgehead atoms. The molecule has 11 heavy (non-hydrogen) atoms. The zero-order valence-corrected chi connectivity index (χ0v) is 7.34. The summed E-state index contributed by atoms with van der Waals surface area (Å²) in [7, 11) is 0. The Labute approximate surface area is 70.1 Å². The number of thioether (sulfide) groups is 1. The highest BCUT2D eigenvalue weighted by Crippen LogP contribution is 1.99. The van der Waals surface area contributed by atoms with Crippen LogP contribution in [0.2, 0.25) is 0 Å². The third-order valence-corrected chi connectivity index (χ3v) is 2.07. The van der Waals surface area contributed by atoms with Gasteiger partial charge in [-0.2, -0.15) is 21.7 Å². The van der Waals surface area contributed by atoms with E-state index in [1.165, 1.54) is 0 Å². The standard InChI is InChI=1S/C6H12N4S/c1-2-11-4-3-10-8-5-6(7)9-10/h5H,2-4H2,1H3,(H2,7,9). The van der Waals surface area contributed by atoms with Crippen molar-refractivity contribution in [1.29, 1.82) is 0 Å². The van der Waals surface area contributed by atoms with Crippen LogP contribution in [0.3, 0.4) is 0 Å². The molecule has 0 atom stereocenters. The number of hydrogen-bond donors (Lipinski definition) is 1. The molecule has 0 aliphatic heterocycles. The minimum atomic E-state index is 0.492. The summed E-state index contributed by atoms with van der Waals surface area (Å²) in [6, 6.07) is 0. The SMILES string of the molecule is CCSCCn1ncc(N)n1. The van der Waals surface area contributed by atoms with Gasteiger partial charge >= 0.3 is 0 Å². The number of anilines is 1. The number of aromatic nitrogens is 3. The van der Waals surface area contributed by atoms with Crippen molar-refractivity contribution in [2.24, 2.45) is 0 Å². The summed E-state index contributed by atoms with van der Waals surface area (Å²) in [6.07, 6.45) is 1.57. The fourth-order valence-corrected chi connectivity index (χ4v) is 1.29. The number of hydrogen-bond acceptors (Lipinski definition) is 4. The van der Waals surface area contributed by atoms with Gasteiger partial charge in [0.1, 0.15) is 0 Å². The molecule has 0 aliphatic carbocycles. The van der Waals surface area contributed by atoms with Gasteiger partial charge in [-0.25, -0.2) is 0 Å². The first-order valence-corrected chi connectivity index (χ1v) is 4.71. The molecule has 1 aromatic rings. The van der Waals surface area contributed by atoms with Gasteiger partial charge in [-0.1, -0.05) is 6.92 Å². The van der Waals surface area contributed by atoms with E-state index in [-0.39, 0.29) is 0 Å². The molecule has 62 valence electrons. The monoisotopic (exact) mass is 172 g/mol. The van der Waals surface area contributed by atoms with Crippen LogP contribution in [0.1, 0.15) is 6.92 Å². The Morgan fingerprint density at radius 1 is 1.73 bits per heavy atom. The van der Waals surface area contributed by atoms with Crippen LogP contribution >= 0.6 is 11.8 Å². The molecule has 1 aromatic heterocycles. The molecule has 0 radical (unpaired) electrons. The predicted octanol–water partition coefficient (Wildman–Crippen LogP) is 0.613. The Hall–Kier alpha value is -0.710. The van der Waals surface area contributed by atoms with E-state index in [0.717, 1.165) is 18.1 Å². The lowest BCUT2D eigenvalue weighted by Crippen LogP contribution is -2.04. The summed E-state index contributed by atoms with van der Waals surface area (Å²) in [5.74, 6) is 2.67.